The zero-order valence-electron chi connectivity index (χ0n) is 10.6. The summed E-state index contributed by atoms with van der Waals surface area (Å²) in [7, 11) is 1.72. The molecule has 0 spiro atoms. The fourth-order valence-electron chi connectivity index (χ4n) is 1.67. The molecule has 3 N–H and O–H groups in total. The summed E-state index contributed by atoms with van der Waals surface area (Å²) in [5, 5.41) is 2.94. The van der Waals surface area contributed by atoms with E-state index in [0.29, 0.717) is 6.42 Å². The van der Waals surface area contributed by atoms with Gasteiger partial charge in [0.15, 0.2) is 0 Å². The van der Waals surface area contributed by atoms with Crippen molar-refractivity contribution in [2.75, 3.05) is 7.05 Å². The van der Waals surface area contributed by atoms with Gasteiger partial charge in [-0.1, -0.05) is 18.2 Å². The number of ether oxygens (including phenoxy) is 1. The highest BCUT2D eigenvalue weighted by Gasteiger charge is 2.31. The van der Waals surface area contributed by atoms with Crippen LogP contribution in [0.25, 0.3) is 0 Å². The summed E-state index contributed by atoms with van der Waals surface area (Å²) < 4.78 is 5.71. The van der Waals surface area contributed by atoms with Gasteiger partial charge in [-0.3, -0.25) is 4.79 Å². The minimum absolute atomic E-state index is 0.0950. The fourth-order valence-corrected chi connectivity index (χ4v) is 1.67. The van der Waals surface area contributed by atoms with Gasteiger partial charge in [0, 0.05) is 6.42 Å². The Morgan fingerprint density at radius 2 is 2.06 bits per heavy atom. The molecule has 0 fully saturated rings. The van der Waals surface area contributed by atoms with Crippen LogP contribution in [-0.4, -0.2) is 24.6 Å². The van der Waals surface area contributed by atoms with Crippen LogP contribution in [0.5, 0.6) is 5.75 Å². The first-order chi connectivity index (χ1) is 7.98. The van der Waals surface area contributed by atoms with Crippen LogP contribution in [0.15, 0.2) is 30.3 Å². The highest BCUT2D eigenvalue weighted by molar-refractivity contribution is 5.84. The Kier molecular flexibility index (Phi) is 4.52. The molecule has 0 aliphatic rings. The van der Waals surface area contributed by atoms with Crippen LogP contribution in [-0.2, 0) is 4.79 Å². The predicted octanol–water partition coefficient (Wildman–Crippen LogP) is 1.31. The monoisotopic (exact) mass is 236 g/mol. The van der Waals surface area contributed by atoms with Crippen LogP contribution in [0.4, 0.5) is 0 Å². The molecule has 4 heteroatoms. The van der Waals surface area contributed by atoms with Gasteiger partial charge in [-0.15, -0.1) is 0 Å². The maximum atomic E-state index is 11.3. The number of carbonyl (C=O) groups is 1. The number of amides is 1. The molecule has 2 unspecified atom stereocenters. The van der Waals surface area contributed by atoms with Crippen LogP contribution >= 0.6 is 0 Å². The number of nitrogens with one attached hydrogen (secondary N) is 1. The van der Waals surface area contributed by atoms with E-state index in [0.717, 1.165) is 5.75 Å². The Bertz CT molecular complexity index is 367. The first-order valence-electron chi connectivity index (χ1n) is 5.68. The quantitative estimate of drug-likeness (QED) is 0.782. The minimum atomic E-state index is -0.742. The van der Waals surface area contributed by atoms with Crippen molar-refractivity contribution in [3.63, 3.8) is 0 Å². The molecule has 1 rings (SSSR count). The molecule has 0 heterocycles. The normalized spacial score (nSPS) is 15.9. The van der Waals surface area contributed by atoms with E-state index in [1.807, 2.05) is 37.3 Å². The van der Waals surface area contributed by atoms with Crippen LogP contribution in [0.2, 0.25) is 0 Å². The second kappa shape index (κ2) is 5.68. The Hall–Kier alpha value is -1.55. The zero-order valence-corrected chi connectivity index (χ0v) is 10.6. The lowest BCUT2D eigenvalue weighted by Crippen LogP contribution is -2.53. The Labute approximate surface area is 102 Å². The van der Waals surface area contributed by atoms with Crippen molar-refractivity contribution in [1.82, 2.24) is 5.32 Å². The third-order valence-corrected chi connectivity index (χ3v) is 2.87. The van der Waals surface area contributed by atoms with E-state index in [2.05, 4.69) is 5.32 Å². The third kappa shape index (κ3) is 3.75. The van der Waals surface area contributed by atoms with Gasteiger partial charge in [0.05, 0.1) is 11.6 Å². The number of hydrogen-bond acceptors (Lipinski definition) is 3. The van der Waals surface area contributed by atoms with Gasteiger partial charge in [0.25, 0.3) is 0 Å². The highest BCUT2D eigenvalue weighted by atomic mass is 16.5. The summed E-state index contributed by atoms with van der Waals surface area (Å²) in [4.78, 5) is 11.3. The smallest absolute Gasteiger partial charge is 0.237 e. The SMILES string of the molecule is CNC(C)(CC(C)Oc1ccccc1)C(N)=O. The van der Waals surface area contributed by atoms with Crippen molar-refractivity contribution < 1.29 is 9.53 Å². The molecule has 0 saturated heterocycles. The van der Waals surface area contributed by atoms with Gasteiger partial charge < -0.3 is 15.8 Å². The topological polar surface area (TPSA) is 64.3 Å². The summed E-state index contributed by atoms with van der Waals surface area (Å²) in [6.07, 6.45) is 0.427. The molecule has 0 bridgehead atoms. The summed E-state index contributed by atoms with van der Waals surface area (Å²) in [6.45, 7) is 3.70. The molecule has 1 aromatic rings. The van der Waals surface area contributed by atoms with Gasteiger partial charge in [-0.05, 0) is 33.0 Å². The predicted molar refractivity (Wildman–Crippen MR) is 67.8 cm³/mol. The van der Waals surface area contributed by atoms with Gasteiger partial charge in [0.1, 0.15) is 5.75 Å². The molecule has 17 heavy (non-hydrogen) atoms. The average Bonchev–Trinajstić information content (AvgIpc) is 2.29. The van der Waals surface area contributed by atoms with Crippen LogP contribution < -0.4 is 15.8 Å². The molecule has 0 aromatic heterocycles. The largest absolute Gasteiger partial charge is 0.491 e. The van der Waals surface area contributed by atoms with E-state index in [1.165, 1.54) is 0 Å². The second-order valence-electron chi connectivity index (χ2n) is 4.39. The van der Waals surface area contributed by atoms with Crippen molar-refractivity contribution in [2.45, 2.75) is 31.9 Å². The Morgan fingerprint density at radius 1 is 1.47 bits per heavy atom. The average molecular weight is 236 g/mol. The minimum Gasteiger partial charge on any atom is -0.491 e. The molecule has 1 amide bonds. The molecular formula is C13H20N2O2. The maximum Gasteiger partial charge on any atom is 0.237 e. The maximum absolute atomic E-state index is 11.3. The molecule has 0 saturated carbocycles. The number of likely N-dealkylation sites (N-methyl/N-ethyl adjacent to an activating group) is 1. The van der Waals surface area contributed by atoms with Crippen molar-refractivity contribution in [1.29, 1.82) is 0 Å². The van der Waals surface area contributed by atoms with E-state index in [1.54, 1.807) is 14.0 Å². The summed E-state index contributed by atoms with van der Waals surface area (Å²) in [5.41, 5.74) is 4.62. The van der Waals surface area contributed by atoms with E-state index in [9.17, 15) is 4.79 Å². The number of hydrogen-bond donors (Lipinski definition) is 2. The molecular weight excluding hydrogens is 216 g/mol. The third-order valence-electron chi connectivity index (χ3n) is 2.87. The van der Waals surface area contributed by atoms with E-state index >= 15 is 0 Å². The number of primary amides is 1. The highest BCUT2D eigenvalue weighted by Crippen LogP contribution is 2.17. The fraction of sp³-hybridized carbons (Fsp3) is 0.462. The lowest BCUT2D eigenvalue weighted by Gasteiger charge is -2.28. The standard InChI is InChI=1S/C13H20N2O2/c1-10(9-13(2,15-3)12(14)16)17-11-7-5-4-6-8-11/h4-8,10,15H,9H2,1-3H3,(H2,14,16). The molecule has 0 aliphatic heterocycles. The summed E-state index contributed by atoms with van der Waals surface area (Å²) in [5.74, 6) is 0.423. The van der Waals surface area contributed by atoms with Crippen molar-refractivity contribution >= 4 is 5.91 Å². The number of benzene rings is 1. The van der Waals surface area contributed by atoms with Gasteiger partial charge in [0.2, 0.25) is 5.91 Å². The summed E-state index contributed by atoms with van der Waals surface area (Å²) >= 11 is 0. The number of carbonyl (C=O) groups excluding carboxylic acids is 1. The molecule has 0 radical (unpaired) electrons. The zero-order chi connectivity index (χ0) is 12.9. The second-order valence-corrected chi connectivity index (χ2v) is 4.39. The van der Waals surface area contributed by atoms with Crippen molar-refractivity contribution in [2.24, 2.45) is 5.73 Å². The van der Waals surface area contributed by atoms with E-state index < -0.39 is 5.54 Å². The molecule has 94 valence electrons. The first-order valence-corrected chi connectivity index (χ1v) is 5.68. The molecule has 2 atom stereocenters. The van der Waals surface area contributed by atoms with E-state index in [-0.39, 0.29) is 12.0 Å². The van der Waals surface area contributed by atoms with Gasteiger partial charge in [-0.25, -0.2) is 0 Å². The summed E-state index contributed by atoms with van der Waals surface area (Å²) in [6, 6.07) is 9.52. The number of rotatable bonds is 6. The Morgan fingerprint density at radius 3 is 2.53 bits per heavy atom. The van der Waals surface area contributed by atoms with Crippen LogP contribution in [0.1, 0.15) is 20.3 Å². The van der Waals surface area contributed by atoms with Gasteiger partial charge >= 0.3 is 0 Å². The molecule has 0 aliphatic carbocycles. The van der Waals surface area contributed by atoms with E-state index in [4.69, 9.17) is 10.5 Å². The lowest BCUT2D eigenvalue weighted by atomic mass is 9.94. The van der Waals surface area contributed by atoms with Crippen molar-refractivity contribution in [3.8, 4) is 5.75 Å². The van der Waals surface area contributed by atoms with Gasteiger partial charge in [-0.2, -0.15) is 0 Å². The first kappa shape index (κ1) is 13.5. The van der Waals surface area contributed by atoms with Crippen LogP contribution in [0.3, 0.4) is 0 Å². The van der Waals surface area contributed by atoms with Crippen molar-refractivity contribution in [3.05, 3.63) is 30.3 Å². The molecule has 4 nitrogen and oxygen atoms in total. The Balaban J connectivity index is 2.60. The molecule has 1 aromatic carbocycles. The lowest BCUT2D eigenvalue weighted by molar-refractivity contribution is -0.124. The number of para-hydroxylation sites is 1. The number of nitrogens with two attached hydrogens (primary N) is 1. The van der Waals surface area contributed by atoms with Crippen LogP contribution in [0, 0.1) is 0 Å².